The smallest absolute Gasteiger partial charge is 0.240 e. The first-order valence-electron chi connectivity index (χ1n) is 13.9. The van der Waals surface area contributed by atoms with Crippen LogP contribution in [0.3, 0.4) is 0 Å². The number of rotatable bonds is 20. The van der Waals surface area contributed by atoms with Gasteiger partial charge in [0.15, 0.2) is 11.5 Å². The maximum Gasteiger partial charge on any atom is 0.240 e. The van der Waals surface area contributed by atoms with Crippen molar-refractivity contribution in [3.05, 3.63) is 59.7 Å². The number of methoxy groups -OCH3 is 1. The normalized spacial score (nSPS) is 11.1. The molecule has 0 saturated carbocycles. The van der Waals surface area contributed by atoms with Gasteiger partial charge in [-0.3, -0.25) is 4.79 Å². The minimum atomic E-state index is -0.0379. The molecule has 0 fully saturated rings. The summed E-state index contributed by atoms with van der Waals surface area (Å²) in [6, 6.07) is 15.6. The predicted molar refractivity (Wildman–Crippen MR) is 150 cm³/mol. The van der Waals surface area contributed by atoms with E-state index in [0.717, 1.165) is 24.0 Å². The lowest BCUT2D eigenvalue weighted by atomic mass is 10.0. The third-order valence-corrected chi connectivity index (χ3v) is 6.34. The molecule has 2 aromatic carbocycles. The standard InChI is InChI=1S/C31H46N2O3/c1-3-4-5-6-7-8-9-10-11-12-13-14-18-21-31(34)33-32-25-28-22-23-29(30(24-28)35-2)36-26-27-19-16-15-17-20-27/h15-17,19-20,22-25H,3-14,18,21,26H2,1-2H3,(H,33,34)/b32-25-. The second-order valence-electron chi connectivity index (χ2n) is 9.47. The van der Waals surface area contributed by atoms with E-state index in [4.69, 9.17) is 9.47 Å². The summed E-state index contributed by atoms with van der Waals surface area (Å²) in [5, 5.41) is 4.10. The van der Waals surface area contributed by atoms with Gasteiger partial charge >= 0.3 is 0 Å². The summed E-state index contributed by atoms with van der Waals surface area (Å²) in [5.41, 5.74) is 4.56. The van der Waals surface area contributed by atoms with Crippen molar-refractivity contribution in [3.63, 3.8) is 0 Å². The summed E-state index contributed by atoms with van der Waals surface area (Å²) in [4.78, 5) is 12.1. The minimum absolute atomic E-state index is 0.0379. The van der Waals surface area contributed by atoms with Crippen LogP contribution >= 0.6 is 0 Å². The van der Waals surface area contributed by atoms with Crippen LogP contribution in [-0.4, -0.2) is 19.2 Å². The van der Waals surface area contributed by atoms with Crippen LogP contribution in [0.15, 0.2) is 53.6 Å². The molecule has 198 valence electrons. The van der Waals surface area contributed by atoms with Gasteiger partial charge in [0.1, 0.15) is 6.61 Å². The SMILES string of the molecule is CCCCCCCCCCCCCCCC(=O)N/N=C\c1ccc(OCc2ccccc2)c(OC)c1. The first-order valence-corrected chi connectivity index (χ1v) is 13.9. The first-order chi connectivity index (χ1) is 17.7. The molecule has 5 heteroatoms. The number of hydrogen-bond donors (Lipinski definition) is 1. The van der Waals surface area contributed by atoms with E-state index in [1.807, 2.05) is 48.5 Å². The number of ether oxygens (including phenoxy) is 2. The maximum absolute atomic E-state index is 12.1. The second-order valence-corrected chi connectivity index (χ2v) is 9.47. The maximum atomic E-state index is 12.1. The largest absolute Gasteiger partial charge is 0.493 e. The number of hydrogen-bond acceptors (Lipinski definition) is 4. The van der Waals surface area contributed by atoms with E-state index < -0.39 is 0 Å². The van der Waals surface area contributed by atoms with Crippen molar-refractivity contribution >= 4 is 12.1 Å². The Bertz CT molecular complexity index is 867. The number of nitrogens with zero attached hydrogens (tertiary/aromatic N) is 1. The molecule has 0 aliphatic heterocycles. The lowest BCUT2D eigenvalue weighted by Crippen LogP contribution is -2.16. The highest BCUT2D eigenvalue weighted by molar-refractivity contribution is 5.83. The molecule has 1 N–H and O–H groups in total. The molecule has 0 spiro atoms. The second kappa shape index (κ2) is 19.4. The van der Waals surface area contributed by atoms with Gasteiger partial charge in [-0.2, -0.15) is 5.10 Å². The molecule has 0 unspecified atom stereocenters. The summed E-state index contributed by atoms with van der Waals surface area (Å²) in [6.45, 7) is 2.74. The molecule has 0 heterocycles. The summed E-state index contributed by atoms with van der Waals surface area (Å²) in [5.74, 6) is 1.27. The number of carbonyl (C=O) groups is 1. The van der Waals surface area contributed by atoms with Gasteiger partial charge < -0.3 is 9.47 Å². The van der Waals surface area contributed by atoms with E-state index in [2.05, 4.69) is 17.5 Å². The topological polar surface area (TPSA) is 59.9 Å². The van der Waals surface area contributed by atoms with Gasteiger partial charge in [0, 0.05) is 6.42 Å². The van der Waals surface area contributed by atoms with Crippen LogP contribution in [0, 0.1) is 0 Å². The highest BCUT2D eigenvalue weighted by Crippen LogP contribution is 2.28. The van der Waals surface area contributed by atoms with Crippen LogP contribution in [0.2, 0.25) is 0 Å². The highest BCUT2D eigenvalue weighted by Gasteiger charge is 2.06. The van der Waals surface area contributed by atoms with Crippen LogP contribution in [0.4, 0.5) is 0 Å². The Kier molecular flexibility index (Phi) is 15.8. The van der Waals surface area contributed by atoms with Gasteiger partial charge in [-0.05, 0) is 35.7 Å². The van der Waals surface area contributed by atoms with Gasteiger partial charge in [0.05, 0.1) is 13.3 Å². The molecule has 0 atom stereocenters. The Balaban J connectivity index is 1.54. The summed E-state index contributed by atoms with van der Waals surface area (Å²) < 4.78 is 11.3. The zero-order chi connectivity index (χ0) is 25.7. The molecule has 0 aromatic heterocycles. The van der Waals surface area contributed by atoms with E-state index in [1.54, 1.807) is 13.3 Å². The van der Waals surface area contributed by atoms with E-state index in [-0.39, 0.29) is 5.91 Å². The van der Waals surface area contributed by atoms with Crippen molar-refractivity contribution in [2.75, 3.05) is 7.11 Å². The molecular formula is C31H46N2O3. The summed E-state index contributed by atoms with van der Waals surface area (Å²) in [6.07, 6.45) is 19.0. The van der Waals surface area contributed by atoms with Crippen LogP contribution in [-0.2, 0) is 11.4 Å². The minimum Gasteiger partial charge on any atom is -0.493 e. The number of benzene rings is 2. The number of carbonyl (C=O) groups excluding carboxylic acids is 1. The van der Waals surface area contributed by atoms with Crippen LogP contribution < -0.4 is 14.9 Å². The molecule has 0 aliphatic rings. The van der Waals surface area contributed by atoms with Crippen LogP contribution in [0.25, 0.3) is 0 Å². The Labute approximate surface area is 218 Å². The Morgan fingerprint density at radius 1 is 0.806 bits per heavy atom. The van der Waals surface area contributed by atoms with Gasteiger partial charge in [0.2, 0.25) is 5.91 Å². The van der Waals surface area contributed by atoms with E-state index >= 15 is 0 Å². The molecule has 5 nitrogen and oxygen atoms in total. The molecule has 36 heavy (non-hydrogen) atoms. The quantitative estimate of drug-likeness (QED) is 0.115. The Morgan fingerprint density at radius 3 is 2.03 bits per heavy atom. The number of unbranched alkanes of at least 4 members (excludes halogenated alkanes) is 12. The third-order valence-electron chi connectivity index (χ3n) is 6.34. The van der Waals surface area contributed by atoms with Crippen molar-refractivity contribution in [3.8, 4) is 11.5 Å². The number of nitrogens with one attached hydrogen (secondary N) is 1. The molecule has 0 radical (unpaired) electrons. The molecule has 0 aliphatic carbocycles. The third kappa shape index (κ3) is 13.3. The average molecular weight is 495 g/mol. The van der Waals surface area contributed by atoms with Crippen molar-refractivity contribution < 1.29 is 14.3 Å². The zero-order valence-electron chi connectivity index (χ0n) is 22.5. The van der Waals surface area contributed by atoms with Gasteiger partial charge in [0.25, 0.3) is 0 Å². The average Bonchev–Trinajstić information content (AvgIpc) is 2.91. The molecule has 2 aromatic rings. The monoisotopic (exact) mass is 494 g/mol. The predicted octanol–water partition coefficient (Wildman–Crippen LogP) is 8.21. The summed E-state index contributed by atoms with van der Waals surface area (Å²) >= 11 is 0. The lowest BCUT2D eigenvalue weighted by molar-refractivity contribution is -0.121. The van der Waals surface area contributed by atoms with Crippen LogP contribution in [0.1, 0.15) is 108 Å². The molecule has 2 rings (SSSR count). The molecule has 0 saturated heterocycles. The lowest BCUT2D eigenvalue weighted by Gasteiger charge is -2.11. The van der Waals surface area contributed by atoms with Gasteiger partial charge in [-0.15, -0.1) is 0 Å². The highest BCUT2D eigenvalue weighted by atomic mass is 16.5. The number of hydrazone groups is 1. The van der Waals surface area contributed by atoms with Crippen molar-refractivity contribution in [2.24, 2.45) is 5.10 Å². The Hall–Kier alpha value is -2.82. The first kappa shape index (κ1) is 29.4. The molecular weight excluding hydrogens is 448 g/mol. The van der Waals surface area contributed by atoms with Crippen LogP contribution in [0.5, 0.6) is 11.5 Å². The summed E-state index contributed by atoms with van der Waals surface area (Å²) in [7, 11) is 1.61. The number of amides is 1. The van der Waals surface area contributed by atoms with Crippen molar-refractivity contribution in [2.45, 2.75) is 103 Å². The molecule has 1 amide bonds. The van der Waals surface area contributed by atoms with Gasteiger partial charge in [-0.1, -0.05) is 114 Å². The van der Waals surface area contributed by atoms with Gasteiger partial charge in [-0.25, -0.2) is 5.43 Å². The fourth-order valence-corrected chi connectivity index (χ4v) is 4.16. The fraction of sp³-hybridized carbons (Fsp3) is 0.548. The van der Waals surface area contributed by atoms with E-state index in [1.165, 1.54) is 70.6 Å². The van der Waals surface area contributed by atoms with E-state index in [0.29, 0.717) is 24.5 Å². The van der Waals surface area contributed by atoms with E-state index in [9.17, 15) is 4.79 Å². The zero-order valence-corrected chi connectivity index (χ0v) is 22.5. The molecule has 0 bridgehead atoms. The Morgan fingerprint density at radius 2 is 1.42 bits per heavy atom. The fourth-order valence-electron chi connectivity index (χ4n) is 4.16. The van der Waals surface area contributed by atoms with Crippen molar-refractivity contribution in [1.29, 1.82) is 0 Å². The van der Waals surface area contributed by atoms with Crippen molar-refractivity contribution in [1.82, 2.24) is 5.43 Å².